The van der Waals surface area contributed by atoms with Crippen LogP contribution in [0.15, 0.2) is 18.2 Å². The van der Waals surface area contributed by atoms with E-state index in [2.05, 4.69) is 27.7 Å². The summed E-state index contributed by atoms with van der Waals surface area (Å²) in [6.07, 6.45) is 0. The number of nitro groups is 2. The third-order valence-electron chi connectivity index (χ3n) is 2.80. The average molecular weight is 388 g/mol. The third-order valence-corrected chi connectivity index (χ3v) is 4.36. The highest BCUT2D eigenvalue weighted by Gasteiger charge is 2.23. The van der Waals surface area contributed by atoms with Crippen molar-refractivity contribution in [3.05, 3.63) is 53.4 Å². The van der Waals surface area contributed by atoms with Crippen LogP contribution >= 0.6 is 22.6 Å². The molecule has 0 aliphatic carbocycles. The molecule has 0 radical (unpaired) electrons. The van der Waals surface area contributed by atoms with Crippen molar-refractivity contribution in [3.8, 4) is 5.69 Å². The van der Waals surface area contributed by atoms with E-state index in [0.717, 1.165) is 21.0 Å². The van der Waals surface area contributed by atoms with Gasteiger partial charge in [-0.15, -0.1) is 0 Å². The van der Waals surface area contributed by atoms with Crippen LogP contribution in [-0.4, -0.2) is 19.6 Å². The summed E-state index contributed by atoms with van der Waals surface area (Å²) in [5.41, 5.74) is 1.04. The molecule has 0 saturated heterocycles. The number of aromatic nitrogens is 2. The number of benzene rings is 1. The lowest BCUT2D eigenvalue weighted by molar-refractivity contribution is -0.394. The summed E-state index contributed by atoms with van der Waals surface area (Å²) in [7, 11) is 0. The van der Waals surface area contributed by atoms with Gasteiger partial charge in [0.05, 0.1) is 30.9 Å². The number of hydrogen-bond donors (Lipinski definition) is 0. The van der Waals surface area contributed by atoms with E-state index in [1.807, 2.05) is 0 Å². The lowest BCUT2D eigenvalue weighted by atomic mass is 10.2. The Bertz CT molecular complexity index is 725. The van der Waals surface area contributed by atoms with Crippen molar-refractivity contribution in [3.63, 3.8) is 0 Å². The number of rotatable bonds is 3. The largest absolute Gasteiger partial charge is 0.301 e. The molecule has 0 bridgehead atoms. The molecule has 0 unspecified atom stereocenters. The molecule has 0 N–H and O–H groups in total. The maximum absolute atomic E-state index is 11.1. The van der Waals surface area contributed by atoms with Crippen LogP contribution in [0.2, 0.25) is 0 Å². The Labute approximate surface area is 126 Å². The summed E-state index contributed by atoms with van der Waals surface area (Å²) in [6.45, 7) is 3.58. The molecule has 0 aliphatic rings. The average Bonchev–Trinajstić information content (AvgIpc) is 2.65. The van der Waals surface area contributed by atoms with Crippen LogP contribution in [0.5, 0.6) is 0 Å². The Kier molecular flexibility index (Phi) is 3.70. The maximum atomic E-state index is 11.1. The van der Waals surface area contributed by atoms with Gasteiger partial charge in [0.25, 0.3) is 5.69 Å². The van der Waals surface area contributed by atoms with Gasteiger partial charge in [-0.1, -0.05) is 0 Å². The Morgan fingerprint density at radius 3 is 2.30 bits per heavy atom. The van der Waals surface area contributed by atoms with Crippen molar-refractivity contribution >= 4 is 34.0 Å². The van der Waals surface area contributed by atoms with E-state index in [-0.39, 0.29) is 17.1 Å². The highest BCUT2D eigenvalue weighted by molar-refractivity contribution is 14.1. The first-order valence-electron chi connectivity index (χ1n) is 5.48. The van der Waals surface area contributed by atoms with Crippen LogP contribution in [0.1, 0.15) is 11.4 Å². The standard InChI is InChI=1S/C11H9IN4O4/c1-6-11(12)7(2)14(13-6)9-4-3-8(15(17)18)5-10(9)16(19)20/h3-5H,1-2H3. The van der Waals surface area contributed by atoms with Crippen molar-refractivity contribution < 1.29 is 9.85 Å². The molecule has 0 fully saturated rings. The van der Waals surface area contributed by atoms with Gasteiger partial charge >= 0.3 is 5.69 Å². The van der Waals surface area contributed by atoms with Crippen LogP contribution in [0.25, 0.3) is 5.69 Å². The first-order chi connectivity index (χ1) is 9.32. The molecule has 1 heterocycles. The lowest BCUT2D eigenvalue weighted by Gasteiger charge is -2.05. The molecule has 1 aromatic heterocycles. The van der Waals surface area contributed by atoms with Crippen LogP contribution in [-0.2, 0) is 0 Å². The minimum atomic E-state index is -0.665. The van der Waals surface area contributed by atoms with Crippen molar-refractivity contribution in [2.75, 3.05) is 0 Å². The Balaban J connectivity index is 2.70. The number of non-ortho nitro benzene ring substituents is 1. The number of hydrogen-bond acceptors (Lipinski definition) is 5. The normalized spacial score (nSPS) is 10.6. The number of nitro benzene ring substituents is 2. The second kappa shape index (κ2) is 5.15. The second-order valence-corrected chi connectivity index (χ2v) is 5.16. The predicted octanol–water partition coefficient (Wildman–Crippen LogP) is 2.91. The van der Waals surface area contributed by atoms with Crippen molar-refractivity contribution in [2.45, 2.75) is 13.8 Å². The van der Waals surface area contributed by atoms with Crippen LogP contribution < -0.4 is 0 Å². The molecule has 20 heavy (non-hydrogen) atoms. The highest BCUT2D eigenvalue weighted by atomic mass is 127. The van der Waals surface area contributed by atoms with Crippen molar-refractivity contribution in [1.29, 1.82) is 0 Å². The van der Waals surface area contributed by atoms with Gasteiger partial charge < -0.3 is 0 Å². The quantitative estimate of drug-likeness (QED) is 0.457. The first kappa shape index (κ1) is 14.4. The van der Waals surface area contributed by atoms with Crippen LogP contribution in [0.4, 0.5) is 11.4 Å². The lowest BCUT2D eigenvalue weighted by Crippen LogP contribution is -2.04. The molecule has 0 saturated carbocycles. The van der Waals surface area contributed by atoms with E-state index >= 15 is 0 Å². The number of halogens is 1. The highest BCUT2D eigenvalue weighted by Crippen LogP contribution is 2.29. The zero-order chi connectivity index (χ0) is 15.0. The fraction of sp³-hybridized carbons (Fsp3) is 0.182. The predicted molar refractivity (Wildman–Crippen MR) is 79.1 cm³/mol. The molecule has 9 heteroatoms. The molecule has 2 aromatic rings. The molecule has 8 nitrogen and oxygen atoms in total. The molecule has 0 amide bonds. The topological polar surface area (TPSA) is 104 Å². The van der Waals surface area contributed by atoms with Crippen molar-refractivity contribution in [2.24, 2.45) is 0 Å². The van der Waals surface area contributed by atoms with Gasteiger partial charge in [0.1, 0.15) is 5.69 Å². The molecular formula is C11H9IN4O4. The number of nitrogens with zero attached hydrogens (tertiary/aromatic N) is 4. The SMILES string of the molecule is Cc1nn(-c2ccc([N+](=O)[O-])cc2[N+](=O)[O-])c(C)c1I. The minimum Gasteiger partial charge on any atom is -0.258 e. The molecule has 0 aliphatic heterocycles. The summed E-state index contributed by atoms with van der Waals surface area (Å²) in [4.78, 5) is 20.5. The third kappa shape index (κ3) is 2.35. The van der Waals surface area contributed by atoms with Gasteiger partial charge in [-0.25, -0.2) is 4.68 Å². The van der Waals surface area contributed by atoms with Gasteiger partial charge in [0, 0.05) is 6.07 Å². The van der Waals surface area contributed by atoms with E-state index in [4.69, 9.17) is 0 Å². The summed E-state index contributed by atoms with van der Waals surface area (Å²) in [6, 6.07) is 3.51. The Morgan fingerprint density at radius 1 is 1.20 bits per heavy atom. The van der Waals surface area contributed by atoms with E-state index in [1.165, 1.54) is 16.8 Å². The van der Waals surface area contributed by atoms with Gasteiger partial charge in [0.2, 0.25) is 0 Å². The fourth-order valence-corrected chi connectivity index (χ4v) is 2.15. The summed E-state index contributed by atoms with van der Waals surface area (Å²) < 4.78 is 2.33. The van der Waals surface area contributed by atoms with Gasteiger partial charge in [-0.2, -0.15) is 5.10 Å². The number of aryl methyl sites for hydroxylation is 1. The molecular weight excluding hydrogens is 379 g/mol. The summed E-state index contributed by atoms with van der Waals surface area (Å²) in [5.74, 6) is 0. The minimum absolute atomic E-state index is 0.212. The summed E-state index contributed by atoms with van der Waals surface area (Å²) >= 11 is 2.10. The van der Waals surface area contributed by atoms with Crippen LogP contribution in [0.3, 0.4) is 0 Å². The maximum Gasteiger partial charge on any atom is 0.301 e. The first-order valence-corrected chi connectivity index (χ1v) is 6.55. The second-order valence-electron chi connectivity index (χ2n) is 4.08. The zero-order valence-corrected chi connectivity index (χ0v) is 12.7. The molecule has 0 spiro atoms. The van der Waals surface area contributed by atoms with Gasteiger partial charge in [0.15, 0.2) is 0 Å². The molecule has 2 rings (SSSR count). The molecule has 0 atom stereocenters. The van der Waals surface area contributed by atoms with E-state index < -0.39 is 9.85 Å². The van der Waals surface area contributed by atoms with E-state index in [1.54, 1.807) is 13.8 Å². The fourth-order valence-electron chi connectivity index (χ4n) is 1.81. The zero-order valence-electron chi connectivity index (χ0n) is 10.5. The van der Waals surface area contributed by atoms with Gasteiger partial charge in [-0.3, -0.25) is 20.2 Å². The van der Waals surface area contributed by atoms with Gasteiger partial charge in [-0.05, 0) is 42.5 Å². The van der Waals surface area contributed by atoms with E-state index in [0.29, 0.717) is 0 Å². The van der Waals surface area contributed by atoms with E-state index in [9.17, 15) is 20.2 Å². The summed E-state index contributed by atoms with van der Waals surface area (Å²) in [5, 5.41) is 26.1. The smallest absolute Gasteiger partial charge is 0.258 e. The Hall–Kier alpha value is -2.04. The van der Waals surface area contributed by atoms with Crippen molar-refractivity contribution in [1.82, 2.24) is 9.78 Å². The van der Waals surface area contributed by atoms with Crippen LogP contribution in [0, 0.1) is 37.6 Å². The molecule has 104 valence electrons. The Morgan fingerprint density at radius 2 is 1.85 bits per heavy atom. The monoisotopic (exact) mass is 388 g/mol. The molecule has 1 aromatic carbocycles.